The predicted octanol–water partition coefficient (Wildman–Crippen LogP) is 8.07. The van der Waals surface area contributed by atoms with Gasteiger partial charge in [-0.1, -0.05) is 60.6 Å². The van der Waals surface area contributed by atoms with Crippen molar-refractivity contribution >= 4 is 30.9 Å². The molecule has 1 aliphatic carbocycles. The van der Waals surface area contributed by atoms with Gasteiger partial charge in [0.15, 0.2) is 8.32 Å². The van der Waals surface area contributed by atoms with Crippen LogP contribution in [0, 0.1) is 14.8 Å². The van der Waals surface area contributed by atoms with E-state index in [4.69, 9.17) is 9.41 Å². The summed E-state index contributed by atoms with van der Waals surface area (Å²) >= 11 is 2.39. The molecule has 0 aliphatic heterocycles. The standard InChI is InChI=1S/C27H39FINO2Si/c1-16(2)24-22(25(31)17-10-12-18(28)13-11-17)23(29)21-19(30-24)14-27(6,7)15-20(21)32-33(8,9)26(3,4)5/h10-13,16,20,25,31H,14-15H2,1-9H3/t20?,25-/m0/s1. The van der Waals surface area contributed by atoms with Gasteiger partial charge in [0, 0.05) is 20.4 Å². The fraction of sp³-hybridized carbons (Fsp3) is 0.593. The molecule has 0 saturated carbocycles. The quantitative estimate of drug-likeness (QED) is 0.286. The molecule has 33 heavy (non-hydrogen) atoms. The molecule has 3 nitrogen and oxygen atoms in total. The molecule has 6 heteroatoms. The lowest BCUT2D eigenvalue weighted by molar-refractivity contribution is 0.104. The Morgan fingerprint density at radius 1 is 1.18 bits per heavy atom. The van der Waals surface area contributed by atoms with Crippen LogP contribution in [0.1, 0.15) is 101 Å². The molecular weight excluding hydrogens is 544 g/mol. The molecule has 1 aromatic heterocycles. The Bertz CT molecular complexity index is 1010. The van der Waals surface area contributed by atoms with Gasteiger partial charge in [0.1, 0.15) is 11.9 Å². The number of hydrogen-bond donors (Lipinski definition) is 1. The van der Waals surface area contributed by atoms with Gasteiger partial charge in [-0.2, -0.15) is 0 Å². The summed E-state index contributed by atoms with van der Waals surface area (Å²) in [5.74, 6) is -0.155. The van der Waals surface area contributed by atoms with Crippen molar-refractivity contribution in [2.75, 3.05) is 0 Å². The lowest BCUT2D eigenvalue weighted by atomic mass is 9.74. The van der Waals surface area contributed by atoms with Gasteiger partial charge >= 0.3 is 0 Å². The van der Waals surface area contributed by atoms with Crippen molar-refractivity contribution in [1.82, 2.24) is 4.98 Å². The summed E-state index contributed by atoms with van der Waals surface area (Å²) in [5, 5.41) is 11.5. The summed E-state index contributed by atoms with van der Waals surface area (Å²) in [6.45, 7) is 20.2. The third-order valence-electron chi connectivity index (χ3n) is 7.27. The van der Waals surface area contributed by atoms with Crippen LogP contribution in [0.15, 0.2) is 24.3 Å². The van der Waals surface area contributed by atoms with E-state index in [0.29, 0.717) is 5.56 Å². The zero-order valence-electron chi connectivity index (χ0n) is 21.5. The number of pyridine rings is 1. The highest BCUT2D eigenvalue weighted by atomic mass is 127. The van der Waals surface area contributed by atoms with E-state index >= 15 is 0 Å². The number of rotatable bonds is 5. The number of benzene rings is 1. The minimum atomic E-state index is -2.03. The molecule has 1 N–H and O–H groups in total. The van der Waals surface area contributed by atoms with Gasteiger partial charge in [0.2, 0.25) is 0 Å². The van der Waals surface area contributed by atoms with Gasteiger partial charge in [0.25, 0.3) is 0 Å². The molecule has 1 heterocycles. The molecule has 1 aromatic carbocycles. The van der Waals surface area contributed by atoms with Crippen molar-refractivity contribution in [2.45, 2.75) is 97.6 Å². The number of aliphatic hydroxyl groups excluding tert-OH is 1. The topological polar surface area (TPSA) is 42.4 Å². The van der Waals surface area contributed by atoms with Gasteiger partial charge < -0.3 is 9.53 Å². The van der Waals surface area contributed by atoms with Crippen LogP contribution in [0.2, 0.25) is 18.1 Å². The van der Waals surface area contributed by atoms with E-state index in [1.807, 2.05) is 0 Å². The van der Waals surface area contributed by atoms with Gasteiger partial charge in [-0.3, -0.25) is 4.98 Å². The average Bonchev–Trinajstić information content (AvgIpc) is 2.65. The first kappa shape index (κ1) is 26.8. The van der Waals surface area contributed by atoms with Gasteiger partial charge in [-0.15, -0.1) is 0 Å². The molecular formula is C27H39FINO2Si. The lowest BCUT2D eigenvalue weighted by Crippen LogP contribution is -2.44. The highest BCUT2D eigenvalue weighted by Gasteiger charge is 2.44. The van der Waals surface area contributed by atoms with Crippen molar-refractivity contribution in [3.05, 3.63) is 61.7 Å². The molecule has 0 fully saturated rings. The fourth-order valence-corrected chi connectivity index (χ4v) is 6.88. The van der Waals surface area contributed by atoms with Crippen molar-refractivity contribution < 1.29 is 13.9 Å². The van der Waals surface area contributed by atoms with E-state index in [2.05, 4.69) is 84.2 Å². The maximum absolute atomic E-state index is 13.5. The second-order valence-corrected chi connectivity index (χ2v) is 17.9. The Labute approximate surface area is 213 Å². The van der Waals surface area contributed by atoms with Crippen molar-refractivity contribution in [3.8, 4) is 0 Å². The lowest BCUT2D eigenvalue weighted by Gasteiger charge is -2.44. The zero-order chi connectivity index (χ0) is 24.9. The Balaban J connectivity index is 2.21. The number of fused-ring (bicyclic) bond motifs is 1. The number of hydrogen-bond acceptors (Lipinski definition) is 3. The summed E-state index contributed by atoms with van der Waals surface area (Å²) in [7, 11) is -2.03. The molecule has 2 aromatic rings. The average molecular weight is 584 g/mol. The molecule has 0 bridgehead atoms. The Hall–Kier alpha value is -0.833. The molecule has 2 atom stereocenters. The largest absolute Gasteiger partial charge is 0.410 e. The SMILES string of the molecule is CC(C)c1nc2c(c(I)c1[C@@H](O)c1ccc(F)cc1)C(O[Si](C)(C)C(C)(C)C)CC(C)(C)C2. The third kappa shape index (κ3) is 5.54. The summed E-state index contributed by atoms with van der Waals surface area (Å²) < 4.78 is 21.6. The van der Waals surface area contributed by atoms with Crippen LogP contribution in [0.5, 0.6) is 0 Å². The summed E-state index contributed by atoms with van der Waals surface area (Å²) in [4.78, 5) is 5.17. The zero-order valence-corrected chi connectivity index (χ0v) is 24.7. The van der Waals surface area contributed by atoms with Crippen LogP contribution in [-0.4, -0.2) is 18.4 Å². The first-order chi connectivity index (χ1) is 15.0. The van der Waals surface area contributed by atoms with Crippen LogP contribution in [0.3, 0.4) is 0 Å². The van der Waals surface area contributed by atoms with E-state index in [1.54, 1.807) is 12.1 Å². The molecule has 0 saturated heterocycles. The van der Waals surface area contributed by atoms with Crippen LogP contribution < -0.4 is 0 Å². The number of nitrogens with zero attached hydrogens (tertiary/aromatic N) is 1. The highest BCUT2D eigenvalue weighted by molar-refractivity contribution is 14.1. The van der Waals surface area contributed by atoms with E-state index in [0.717, 1.165) is 38.9 Å². The smallest absolute Gasteiger partial charge is 0.192 e. The monoisotopic (exact) mass is 583 g/mol. The molecule has 0 amide bonds. The Morgan fingerprint density at radius 3 is 2.27 bits per heavy atom. The predicted molar refractivity (Wildman–Crippen MR) is 145 cm³/mol. The van der Waals surface area contributed by atoms with Crippen LogP contribution in [-0.2, 0) is 10.8 Å². The summed E-state index contributed by atoms with van der Waals surface area (Å²) in [6, 6.07) is 6.12. The second kappa shape index (κ2) is 9.32. The molecule has 1 aliphatic rings. The fourth-order valence-electron chi connectivity index (χ4n) is 4.39. The van der Waals surface area contributed by atoms with Gasteiger partial charge in [0.05, 0.1) is 11.8 Å². The number of halogens is 2. The van der Waals surface area contributed by atoms with Crippen LogP contribution >= 0.6 is 22.6 Å². The van der Waals surface area contributed by atoms with Crippen LogP contribution in [0.25, 0.3) is 0 Å². The minimum Gasteiger partial charge on any atom is -0.410 e. The molecule has 0 spiro atoms. The first-order valence-electron chi connectivity index (χ1n) is 11.9. The molecule has 1 unspecified atom stereocenters. The van der Waals surface area contributed by atoms with Gasteiger partial charge in [-0.25, -0.2) is 4.39 Å². The maximum Gasteiger partial charge on any atom is 0.192 e. The van der Waals surface area contributed by atoms with E-state index in [9.17, 15) is 9.50 Å². The summed E-state index contributed by atoms with van der Waals surface area (Å²) in [5.41, 5.74) is 4.74. The van der Waals surface area contributed by atoms with E-state index < -0.39 is 14.4 Å². The van der Waals surface area contributed by atoms with Crippen LogP contribution in [0.4, 0.5) is 4.39 Å². The first-order valence-corrected chi connectivity index (χ1v) is 15.9. The second-order valence-electron chi connectivity index (χ2n) is 12.1. The van der Waals surface area contributed by atoms with Gasteiger partial charge in [-0.05, 0) is 82.6 Å². The summed E-state index contributed by atoms with van der Waals surface area (Å²) in [6.07, 6.45) is 0.903. The maximum atomic E-state index is 13.5. The van der Waals surface area contributed by atoms with E-state index in [1.165, 1.54) is 12.1 Å². The Kier molecular flexibility index (Phi) is 7.56. The molecule has 0 radical (unpaired) electrons. The van der Waals surface area contributed by atoms with Crippen molar-refractivity contribution in [2.24, 2.45) is 5.41 Å². The number of aromatic nitrogens is 1. The molecule has 3 rings (SSSR count). The Morgan fingerprint density at radius 2 is 1.76 bits per heavy atom. The third-order valence-corrected chi connectivity index (χ3v) is 12.9. The van der Waals surface area contributed by atoms with Crippen molar-refractivity contribution in [3.63, 3.8) is 0 Å². The molecule has 182 valence electrons. The highest BCUT2D eigenvalue weighted by Crippen LogP contribution is 2.50. The van der Waals surface area contributed by atoms with Crippen molar-refractivity contribution in [1.29, 1.82) is 0 Å². The minimum absolute atomic E-state index is 0.0515. The number of aliphatic hydroxyl groups is 1. The normalized spacial score (nSPS) is 19.5. The van der Waals surface area contributed by atoms with E-state index in [-0.39, 0.29) is 28.3 Å².